The molecule has 2 aromatic rings. The van der Waals surface area contributed by atoms with E-state index in [1.807, 2.05) is 25.0 Å². The number of hydrogen-bond acceptors (Lipinski definition) is 4. The minimum Gasteiger partial charge on any atom is -0.369 e. The maximum absolute atomic E-state index is 4.55. The highest BCUT2D eigenvalue weighted by Crippen LogP contribution is 2.22. The van der Waals surface area contributed by atoms with Gasteiger partial charge in [0.25, 0.3) is 0 Å². The van der Waals surface area contributed by atoms with Crippen molar-refractivity contribution in [3.8, 4) is 0 Å². The number of aromatic nitrogens is 2. The van der Waals surface area contributed by atoms with Crippen molar-refractivity contribution in [1.29, 1.82) is 0 Å². The molecular formula is C17H25N5. The number of para-hydroxylation sites is 1. The van der Waals surface area contributed by atoms with Crippen LogP contribution in [0.3, 0.4) is 0 Å². The summed E-state index contributed by atoms with van der Waals surface area (Å²) in [5, 5.41) is 3.31. The van der Waals surface area contributed by atoms with Crippen molar-refractivity contribution in [2.45, 2.75) is 6.04 Å². The van der Waals surface area contributed by atoms with Crippen LogP contribution in [-0.4, -0.2) is 54.2 Å². The number of aryl methyl sites for hydroxylation is 1. The van der Waals surface area contributed by atoms with Gasteiger partial charge >= 0.3 is 0 Å². The molecule has 0 bridgehead atoms. The molecule has 2 heterocycles. The van der Waals surface area contributed by atoms with Crippen molar-refractivity contribution in [2.75, 3.05) is 44.7 Å². The van der Waals surface area contributed by atoms with Gasteiger partial charge in [-0.3, -0.25) is 4.90 Å². The average Bonchev–Trinajstić information content (AvgIpc) is 3.00. The van der Waals surface area contributed by atoms with Gasteiger partial charge in [-0.25, -0.2) is 4.98 Å². The molecule has 1 aromatic carbocycles. The molecule has 0 aliphatic carbocycles. The second kappa shape index (κ2) is 6.94. The van der Waals surface area contributed by atoms with E-state index in [-0.39, 0.29) is 0 Å². The molecule has 1 aliphatic rings. The van der Waals surface area contributed by atoms with E-state index in [1.165, 1.54) is 5.69 Å². The molecule has 0 amide bonds. The van der Waals surface area contributed by atoms with Gasteiger partial charge in [0, 0.05) is 51.7 Å². The third-order valence-corrected chi connectivity index (χ3v) is 4.34. The second-order valence-corrected chi connectivity index (χ2v) is 5.90. The SMILES string of the molecule is CNCC(c1cn(C)cn1)N1CCN(c2ccccc2)CC1. The van der Waals surface area contributed by atoms with Gasteiger partial charge < -0.3 is 14.8 Å². The lowest BCUT2D eigenvalue weighted by molar-refractivity contribution is 0.181. The number of nitrogens with zero attached hydrogens (tertiary/aromatic N) is 4. The van der Waals surface area contributed by atoms with E-state index in [4.69, 9.17) is 0 Å². The van der Waals surface area contributed by atoms with Crippen LogP contribution in [-0.2, 0) is 7.05 Å². The molecule has 0 saturated carbocycles. The molecular weight excluding hydrogens is 274 g/mol. The number of likely N-dealkylation sites (N-methyl/N-ethyl adjacent to an activating group) is 1. The topological polar surface area (TPSA) is 36.3 Å². The third kappa shape index (κ3) is 3.31. The number of imidazole rings is 1. The maximum Gasteiger partial charge on any atom is 0.0947 e. The summed E-state index contributed by atoms with van der Waals surface area (Å²) in [5.74, 6) is 0. The molecule has 1 N–H and O–H groups in total. The predicted molar refractivity (Wildman–Crippen MR) is 90.1 cm³/mol. The standard InChI is InChI=1S/C17H25N5/c1-18-12-17(16-13-20(2)14-19-16)22-10-8-21(9-11-22)15-6-4-3-5-7-15/h3-7,13-14,17-18H,8-12H2,1-2H3. The lowest BCUT2D eigenvalue weighted by Crippen LogP contribution is -2.49. The Labute approximate surface area is 132 Å². The molecule has 0 radical (unpaired) electrons. The Morgan fingerprint density at radius 1 is 1.14 bits per heavy atom. The first kappa shape index (κ1) is 15.1. The highest BCUT2D eigenvalue weighted by atomic mass is 15.3. The quantitative estimate of drug-likeness (QED) is 0.908. The van der Waals surface area contributed by atoms with Gasteiger partial charge in [0.1, 0.15) is 0 Å². The van der Waals surface area contributed by atoms with Crippen LogP contribution in [0.2, 0.25) is 0 Å². The first-order valence-electron chi connectivity index (χ1n) is 7.94. The molecule has 1 unspecified atom stereocenters. The fourth-order valence-electron chi connectivity index (χ4n) is 3.15. The number of piperazine rings is 1. The first-order valence-corrected chi connectivity index (χ1v) is 7.94. The zero-order valence-corrected chi connectivity index (χ0v) is 13.4. The first-order chi connectivity index (χ1) is 10.8. The largest absolute Gasteiger partial charge is 0.369 e. The van der Waals surface area contributed by atoms with Crippen molar-refractivity contribution in [2.24, 2.45) is 7.05 Å². The minimum absolute atomic E-state index is 0.351. The minimum atomic E-state index is 0.351. The smallest absolute Gasteiger partial charge is 0.0947 e. The Kier molecular flexibility index (Phi) is 4.75. The van der Waals surface area contributed by atoms with Crippen molar-refractivity contribution in [1.82, 2.24) is 19.8 Å². The summed E-state index contributed by atoms with van der Waals surface area (Å²) in [4.78, 5) is 9.56. The average molecular weight is 299 g/mol. The Morgan fingerprint density at radius 3 is 2.45 bits per heavy atom. The van der Waals surface area contributed by atoms with Crippen LogP contribution in [0.25, 0.3) is 0 Å². The van der Waals surface area contributed by atoms with E-state index in [1.54, 1.807) is 0 Å². The zero-order chi connectivity index (χ0) is 15.4. The van der Waals surface area contributed by atoms with Crippen LogP contribution in [0.4, 0.5) is 5.69 Å². The molecule has 1 saturated heterocycles. The van der Waals surface area contributed by atoms with Crippen LogP contribution < -0.4 is 10.2 Å². The molecule has 0 spiro atoms. The van der Waals surface area contributed by atoms with Crippen LogP contribution >= 0.6 is 0 Å². The fourth-order valence-corrected chi connectivity index (χ4v) is 3.15. The monoisotopic (exact) mass is 299 g/mol. The molecule has 1 fully saturated rings. The molecule has 3 rings (SSSR count). The maximum atomic E-state index is 4.55. The van der Waals surface area contributed by atoms with E-state index in [9.17, 15) is 0 Å². The summed E-state index contributed by atoms with van der Waals surface area (Å²) in [5.41, 5.74) is 2.48. The van der Waals surface area contributed by atoms with E-state index in [0.717, 1.165) is 38.4 Å². The van der Waals surface area contributed by atoms with Crippen molar-refractivity contribution in [3.05, 3.63) is 48.5 Å². The van der Waals surface area contributed by atoms with Gasteiger partial charge in [0.05, 0.1) is 18.1 Å². The third-order valence-electron chi connectivity index (χ3n) is 4.34. The fraction of sp³-hybridized carbons (Fsp3) is 0.471. The number of hydrogen-bond donors (Lipinski definition) is 1. The molecule has 5 nitrogen and oxygen atoms in total. The van der Waals surface area contributed by atoms with Crippen molar-refractivity contribution < 1.29 is 0 Å². The highest BCUT2D eigenvalue weighted by Gasteiger charge is 2.26. The van der Waals surface area contributed by atoms with Crippen LogP contribution in [0.1, 0.15) is 11.7 Å². The van der Waals surface area contributed by atoms with E-state index in [2.05, 4.69) is 56.6 Å². The summed E-state index contributed by atoms with van der Waals surface area (Å²) < 4.78 is 2.03. The summed E-state index contributed by atoms with van der Waals surface area (Å²) in [6.07, 6.45) is 4.02. The van der Waals surface area contributed by atoms with E-state index < -0.39 is 0 Å². The molecule has 1 aromatic heterocycles. The van der Waals surface area contributed by atoms with Gasteiger partial charge in [0.15, 0.2) is 0 Å². The van der Waals surface area contributed by atoms with Gasteiger partial charge in [-0.1, -0.05) is 18.2 Å². The summed E-state index contributed by atoms with van der Waals surface area (Å²) in [7, 11) is 4.04. The van der Waals surface area contributed by atoms with Gasteiger partial charge in [-0.05, 0) is 19.2 Å². The van der Waals surface area contributed by atoms with Gasteiger partial charge in [0.2, 0.25) is 0 Å². The summed E-state index contributed by atoms with van der Waals surface area (Å²) in [6.45, 7) is 5.20. The van der Waals surface area contributed by atoms with E-state index in [0.29, 0.717) is 6.04 Å². The highest BCUT2D eigenvalue weighted by molar-refractivity contribution is 5.46. The number of rotatable bonds is 5. The molecule has 22 heavy (non-hydrogen) atoms. The number of nitrogens with one attached hydrogen (secondary N) is 1. The molecule has 1 aliphatic heterocycles. The van der Waals surface area contributed by atoms with Crippen LogP contribution in [0.15, 0.2) is 42.9 Å². The Hall–Kier alpha value is -1.85. The zero-order valence-electron chi connectivity index (χ0n) is 13.4. The summed E-state index contributed by atoms with van der Waals surface area (Å²) in [6, 6.07) is 11.0. The lowest BCUT2D eigenvalue weighted by atomic mass is 10.1. The predicted octanol–water partition coefficient (Wildman–Crippen LogP) is 1.50. The number of anilines is 1. The molecule has 118 valence electrons. The van der Waals surface area contributed by atoms with Crippen LogP contribution in [0.5, 0.6) is 0 Å². The van der Waals surface area contributed by atoms with Crippen molar-refractivity contribution in [3.63, 3.8) is 0 Å². The van der Waals surface area contributed by atoms with Crippen LogP contribution in [0, 0.1) is 0 Å². The Morgan fingerprint density at radius 2 is 1.86 bits per heavy atom. The van der Waals surface area contributed by atoms with Gasteiger partial charge in [-0.15, -0.1) is 0 Å². The molecule has 1 atom stereocenters. The lowest BCUT2D eigenvalue weighted by Gasteiger charge is -2.39. The number of benzene rings is 1. The van der Waals surface area contributed by atoms with Gasteiger partial charge in [-0.2, -0.15) is 0 Å². The summed E-state index contributed by atoms with van der Waals surface area (Å²) >= 11 is 0. The Balaban J connectivity index is 1.66. The Bertz CT molecular complexity index is 572. The normalized spacial score (nSPS) is 17.6. The molecule has 5 heteroatoms. The van der Waals surface area contributed by atoms with Crippen molar-refractivity contribution >= 4 is 5.69 Å². The second-order valence-electron chi connectivity index (χ2n) is 5.90. The van der Waals surface area contributed by atoms with E-state index >= 15 is 0 Å².